The van der Waals surface area contributed by atoms with E-state index in [0.29, 0.717) is 6.42 Å². The summed E-state index contributed by atoms with van der Waals surface area (Å²) in [6, 6.07) is 0. The molecule has 0 N–H and O–H groups in total. The van der Waals surface area contributed by atoms with Crippen molar-refractivity contribution in [3.63, 3.8) is 0 Å². The smallest absolute Gasteiger partial charge is 0.0600 e. The van der Waals surface area contributed by atoms with Crippen LogP contribution in [0.25, 0.3) is 0 Å². The van der Waals surface area contributed by atoms with Gasteiger partial charge in [0.05, 0.1) is 13.9 Å². The van der Waals surface area contributed by atoms with Gasteiger partial charge in [-0.15, -0.1) is 0 Å². The second-order valence-electron chi connectivity index (χ2n) is 7.10. The number of phosphoric ester groups is 1. The normalized spacial score (nSPS) is 13.3. The molecule has 146 valence electrons. The lowest BCUT2D eigenvalue weighted by Gasteiger charge is -2.32. The van der Waals surface area contributed by atoms with Crippen molar-refractivity contribution in [2.24, 2.45) is 0 Å². The fraction of sp³-hybridized carbons (Fsp3) is 1.00. The van der Waals surface area contributed by atoms with Crippen LogP contribution in [0.1, 0.15) is 117 Å². The van der Waals surface area contributed by atoms with Gasteiger partial charge in [0.2, 0.25) is 0 Å². The fourth-order valence-electron chi connectivity index (χ4n) is 3.08. The Morgan fingerprint density at radius 3 is 1.38 bits per heavy atom. The van der Waals surface area contributed by atoms with Crippen LogP contribution in [0, 0.1) is 0 Å². The van der Waals surface area contributed by atoms with Gasteiger partial charge in [-0.3, -0.25) is 0 Å². The zero-order chi connectivity index (χ0) is 18.1. The average Bonchev–Trinajstić information content (AvgIpc) is 2.49. The Labute approximate surface area is 150 Å². The van der Waals surface area contributed by atoms with Crippen molar-refractivity contribution in [3.8, 4) is 0 Å². The first-order valence-corrected chi connectivity index (χ1v) is 11.6. The third-order valence-corrected chi connectivity index (χ3v) is 5.14. The lowest BCUT2D eigenvalue weighted by atomic mass is 10.0. The standard InChI is InChI=1S/C19H41O4P/c1-3-4-5-6-7-8-9-10-11-12-13-14-15-16-17-18-19(2)23-24(20,21)22/h19H,3-18H2,1-2H3,(H2,20,21,22)/p-2. The second-order valence-corrected chi connectivity index (χ2v) is 8.21. The molecule has 0 aromatic heterocycles. The quantitative estimate of drug-likeness (QED) is 0.239. The van der Waals surface area contributed by atoms with Crippen LogP contribution < -0.4 is 9.79 Å². The Morgan fingerprint density at radius 2 is 1.04 bits per heavy atom. The van der Waals surface area contributed by atoms with Crippen molar-refractivity contribution in [1.82, 2.24) is 0 Å². The largest absolute Gasteiger partial charge is 0.790 e. The van der Waals surface area contributed by atoms with E-state index >= 15 is 0 Å². The minimum atomic E-state index is -4.81. The zero-order valence-electron chi connectivity index (χ0n) is 16.0. The van der Waals surface area contributed by atoms with Gasteiger partial charge in [-0.1, -0.05) is 103 Å². The van der Waals surface area contributed by atoms with Crippen molar-refractivity contribution in [2.45, 2.75) is 123 Å². The predicted molar refractivity (Wildman–Crippen MR) is 97.7 cm³/mol. The molecule has 0 amide bonds. The van der Waals surface area contributed by atoms with Gasteiger partial charge in [-0.25, -0.2) is 0 Å². The van der Waals surface area contributed by atoms with Crippen LogP contribution in [0.4, 0.5) is 0 Å². The fourth-order valence-corrected chi connectivity index (χ4v) is 3.62. The molecule has 0 aromatic rings. The number of hydrogen-bond acceptors (Lipinski definition) is 4. The molecular formula is C19H39O4P-2. The summed E-state index contributed by atoms with van der Waals surface area (Å²) in [7, 11) is -4.81. The van der Waals surface area contributed by atoms with E-state index in [1.54, 1.807) is 6.92 Å². The predicted octanol–water partition coefficient (Wildman–Crippen LogP) is 5.48. The summed E-state index contributed by atoms with van der Waals surface area (Å²) in [6.07, 6.45) is 19.8. The van der Waals surface area contributed by atoms with Crippen molar-refractivity contribution >= 4 is 7.82 Å². The van der Waals surface area contributed by atoms with E-state index in [4.69, 9.17) is 0 Å². The van der Waals surface area contributed by atoms with Crippen LogP contribution in [-0.2, 0) is 9.09 Å². The molecule has 5 heteroatoms. The Hall–Kier alpha value is 0.110. The first-order chi connectivity index (χ1) is 11.5. The zero-order valence-corrected chi connectivity index (χ0v) is 16.9. The number of unbranched alkanes of at least 4 members (excludes halogenated alkanes) is 14. The molecule has 0 saturated heterocycles. The summed E-state index contributed by atoms with van der Waals surface area (Å²) in [4.78, 5) is 20.9. The molecule has 0 aliphatic carbocycles. The molecule has 0 aromatic carbocycles. The van der Waals surface area contributed by atoms with Gasteiger partial charge in [0.25, 0.3) is 0 Å². The minimum Gasteiger partial charge on any atom is -0.790 e. The first-order valence-electron chi connectivity index (χ1n) is 10.2. The molecule has 0 fully saturated rings. The monoisotopic (exact) mass is 362 g/mol. The van der Waals surface area contributed by atoms with Gasteiger partial charge in [0, 0.05) is 0 Å². The lowest BCUT2D eigenvalue weighted by molar-refractivity contribution is -0.344. The summed E-state index contributed by atoms with van der Waals surface area (Å²) in [6.45, 7) is 3.91. The topological polar surface area (TPSA) is 72.4 Å². The highest BCUT2D eigenvalue weighted by molar-refractivity contribution is 7.43. The Kier molecular flexibility index (Phi) is 16.6. The van der Waals surface area contributed by atoms with E-state index in [1.807, 2.05) is 0 Å². The SMILES string of the molecule is CCCCCCCCCCCCCCCCCC(C)OP(=O)([O-])[O-]. The molecule has 0 spiro atoms. The molecule has 0 saturated carbocycles. The van der Waals surface area contributed by atoms with Crippen molar-refractivity contribution in [2.75, 3.05) is 0 Å². The van der Waals surface area contributed by atoms with Crippen LogP contribution in [0.15, 0.2) is 0 Å². The molecule has 1 unspecified atom stereocenters. The van der Waals surface area contributed by atoms with Gasteiger partial charge in [0.15, 0.2) is 0 Å². The Bertz CT molecular complexity index is 304. The Morgan fingerprint density at radius 1 is 0.708 bits per heavy atom. The highest BCUT2D eigenvalue weighted by atomic mass is 31.2. The summed E-state index contributed by atoms with van der Waals surface area (Å²) in [5, 5.41) is 0. The lowest BCUT2D eigenvalue weighted by Crippen LogP contribution is -2.21. The maximum Gasteiger partial charge on any atom is 0.0600 e. The highest BCUT2D eigenvalue weighted by Gasteiger charge is 2.03. The van der Waals surface area contributed by atoms with Gasteiger partial charge >= 0.3 is 0 Å². The highest BCUT2D eigenvalue weighted by Crippen LogP contribution is 2.28. The van der Waals surface area contributed by atoms with Crippen molar-refractivity contribution < 1.29 is 18.9 Å². The van der Waals surface area contributed by atoms with Gasteiger partial charge in [-0.2, -0.15) is 0 Å². The number of rotatable bonds is 18. The molecule has 0 radical (unpaired) electrons. The number of hydrogen-bond donors (Lipinski definition) is 0. The maximum absolute atomic E-state index is 10.5. The summed E-state index contributed by atoms with van der Waals surface area (Å²) in [5.41, 5.74) is 0. The number of phosphoric acid groups is 1. The van der Waals surface area contributed by atoms with E-state index in [0.717, 1.165) is 12.8 Å². The average molecular weight is 362 g/mol. The third kappa shape index (κ3) is 20.2. The van der Waals surface area contributed by atoms with Crippen LogP contribution in [0.3, 0.4) is 0 Å². The van der Waals surface area contributed by atoms with Crippen LogP contribution in [0.5, 0.6) is 0 Å². The molecule has 4 nitrogen and oxygen atoms in total. The van der Waals surface area contributed by atoms with E-state index < -0.39 is 13.9 Å². The molecule has 0 aliphatic rings. The van der Waals surface area contributed by atoms with Crippen molar-refractivity contribution in [3.05, 3.63) is 0 Å². The molecule has 1 atom stereocenters. The minimum absolute atomic E-state index is 0.479. The van der Waals surface area contributed by atoms with Gasteiger partial charge in [0.1, 0.15) is 0 Å². The summed E-state index contributed by atoms with van der Waals surface area (Å²) < 4.78 is 14.9. The molecule has 0 heterocycles. The van der Waals surface area contributed by atoms with Crippen LogP contribution in [0.2, 0.25) is 0 Å². The van der Waals surface area contributed by atoms with E-state index in [9.17, 15) is 14.4 Å². The van der Waals surface area contributed by atoms with E-state index in [2.05, 4.69) is 11.4 Å². The Balaban J connectivity index is 3.14. The first kappa shape index (κ1) is 24.1. The van der Waals surface area contributed by atoms with E-state index in [-0.39, 0.29) is 0 Å². The maximum atomic E-state index is 10.5. The second kappa shape index (κ2) is 16.6. The van der Waals surface area contributed by atoms with Gasteiger partial charge < -0.3 is 18.9 Å². The van der Waals surface area contributed by atoms with Crippen LogP contribution >= 0.6 is 7.82 Å². The van der Waals surface area contributed by atoms with E-state index in [1.165, 1.54) is 83.5 Å². The molecule has 24 heavy (non-hydrogen) atoms. The van der Waals surface area contributed by atoms with Crippen LogP contribution in [-0.4, -0.2) is 6.10 Å². The summed E-state index contributed by atoms with van der Waals surface area (Å²) in [5.74, 6) is 0. The molecular weight excluding hydrogens is 323 g/mol. The molecule has 0 aliphatic heterocycles. The third-order valence-electron chi connectivity index (χ3n) is 4.52. The summed E-state index contributed by atoms with van der Waals surface area (Å²) >= 11 is 0. The van der Waals surface area contributed by atoms with Crippen molar-refractivity contribution in [1.29, 1.82) is 0 Å². The molecule has 0 bridgehead atoms. The van der Waals surface area contributed by atoms with Gasteiger partial charge in [-0.05, 0) is 13.3 Å². The molecule has 0 rings (SSSR count).